The van der Waals surface area contributed by atoms with E-state index in [0.29, 0.717) is 6.04 Å². The van der Waals surface area contributed by atoms with Gasteiger partial charge in [-0.15, -0.1) is 0 Å². The highest BCUT2D eigenvalue weighted by Crippen LogP contribution is 2.16. The first-order valence-corrected chi connectivity index (χ1v) is 7.13. The SMILES string of the molecule is CC(C)CCN1CCCC(N(C)CC(=O)O)CC1. The van der Waals surface area contributed by atoms with Gasteiger partial charge in [0.15, 0.2) is 0 Å². The minimum atomic E-state index is -0.724. The first-order valence-electron chi connectivity index (χ1n) is 7.13. The summed E-state index contributed by atoms with van der Waals surface area (Å²) in [5.74, 6) is 0.0390. The maximum atomic E-state index is 10.7. The molecule has 1 aliphatic rings. The number of hydrogen-bond donors (Lipinski definition) is 1. The fourth-order valence-electron chi connectivity index (χ4n) is 2.59. The van der Waals surface area contributed by atoms with Crippen LogP contribution in [0.3, 0.4) is 0 Å². The van der Waals surface area contributed by atoms with Gasteiger partial charge in [-0.05, 0) is 58.3 Å². The molecule has 0 aromatic heterocycles. The van der Waals surface area contributed by atoms with E-state index in [2.05, 4.69) is 18.7 Å². The lowest BCUT2D eigenvalue weighted by molar-refractivity contribution is -0.138. The van der Waals surface area contributed by atoms with Crippen molar-refractivity contribution in [1.29, 1.82) is 0 Å². The fraction of sp³-hybridized carbons (Fsp3) is 0.929. The molecular formula is C14H28N2O2. The molecule has 0 aliphatic carbocycles. The summed E-state index contributed by atoms with van der Waals surface area (Å²) in [7, 11) is 1.93. The van der Waals surface area contributed by atoms with Crippen molar-refractivity contribution in [1.82, 2.24) is 9.80 Å². The monoisotopic (exact) mass is 256 g/mol. The number of nitrogens with zero attached hydrogens (tertiary/aromatic N) is 2. The van der Waals surface area contributed by atoms with Gasteiger partial charge in [0, 0.05) is 6.04 Å². The van der Waals surface area contributed by atoms with Gasteiger partial charge >= 0.3 is 5.97 Å². The molecule has 1 aliphatic heterocycles. The van der Waals surface area contributed by atoms with Crippen molar-refractivity contribution in [2.75, 3.05) is 33.2 Å². The zero-order valence-corrected chi connectivity index (χ0v) is 12.1. The standard InChI is InChI=1S/C14H28N2O2/c1-12(2)6-9-16-8-4-5-13(7-10-16)15(3)11-14(17)18/h12-13H,4-11H2,1-3H3,(H,17,18). The third-order valence-electron chi connectivity index (χ3n) is 3.82. The van der Waals surface area contributed by atoms with E-state index < -0.39 is 5.97 Å². The van der Waals surface area contributed by atoms with Crippen LogP contribution in [-0.2, 0) is 4.79 Å². The molecule has 0 aromatic rings. The van der Waals surface area contributed by atoms with Crippen LogP contribution >= 0.6 is 0 Å². The summed E-state index contributed by atoms with van der Waals surface area (Å²) in [6.07, 6.45) is 4.67. The minimum absolute atomic E-state index is 0.163. The number of carboxylic acids is 1. The van der Waals surface area contributed by atoms with Gasteiger partial charge in [-0.3, -0.25) is 9.69 Å². The summed E-state index contributed by atoms with van der Waals surface area (Å²) in [6, 6.07) is 0.435. The molecule has 1 rings (SSSR count). The van der Waals surface area contributed by atoms with Gasteiger partial charge in [0.05, 0.1) is 6.54 Å². The maximum absolute atomic E-state index is 10.7. The Morgan fingerprint density at radius 3 is 2.72 bits per heavy atom. The van der Waals surface area contributed by atoms with Gasteiger partial charge in [-0.25, -0.2) is 0 Å². The van der Waals surface area contributed by atoms with Crippen LogP contribution in [0, 0.1) is 5.92 Å². The Kier molecular flexibility index (Phi) is 6.65. The topological polar surface area (TPSA) is 43.8 Å². The first kappa shape index (κ1) is 15.4. The molecule has 1 N–H and O–H groups in total. The highest BCUT2D eigenvalue weighted by Gasteiger charge is 2.21. The van der Waals surface area contributed by atoms with Crippen LogP contribution in [0.25, 0.3) is 0 Å². The van der Waals surface area contributed by atoms with Crippen molar-refractivity contribution in [3.63, 3.8) is 0 Å². The van der Waals surface area contributed by atoms with E-state index in [4.69, 9.17) is 5.11 Å². The van der Waals surface area contributed by atoms with Crippen molar-refractivity contribution in [2.45, 2.75) is 45.6 Å². The van der Waals surface area contributed by atoms with Crippen LogP contribution < -0.4 is 0 Å². The molecule has 0 radical (unpaired) electrons. The summed E-state index contributed by atoms with van der Waals surface area (Å²) in [5.41, 5.74) is 0. The van der Waals surface area contributed by atoms with Gasteiger partial charge in [-0.2, -0.15) is 0 Å². The lowest BCUT2D eigenvalue weighted by Gasteiger charge is -2.25. The van der Waals surface area contributed by atoms with E-state index in [0.717, 1.165) is 25.3 Å². The Balaban J connectivity index is 2.33. The van der Waals surface area contributed by atoms with E-state index in [1.165, 1.54) is 25.9 Å². The van der Waals surface area contributed by atoms with Crippen LogP contribution in [0.1, 0.15) is 39.5 Å². The number of carbonyl (C=O) groups is 1. The Morgan fingerprint density at radius 2 is 2.11 bits per heavy atom. The predicted octanol–water partition coefficient (Wildman–Crippen LogP) is 1.90. The molecule has 0 aromatic carbocycles. The van der Waals surface area contributed by atoms with Gasteiger partial charge < -0.3 is 10.0 Å². The maximum Gasteiger partial charge on any atom is 0.317 e. The lowest BCUT2D eigenvalue weighted by Crippen LogP contribution is -2.36. The van der Waals surface area contributed by atoms with Crippen molar-refractivity contribution in [2.24, 2.45) is 5.92 Å². The molecule has 4 heteroatoms. The van der Waals surface area contributed by atoms with E-state index >= 15 is 0 Å². The van der Waals surface area contributed by atoms with Crippen LogP contribution in [0.15, 0.2) is 0 Å². The van der Waals surface area contributed by atoms with Crippen LogP contribution in [0.4, 0.5) is 0 Å². The van der Waals surface area contributed by atoms with Gasteiger partial charge in [0.1, 0.15) is 0 Å². The Bertz CT molecular complexity index is 256. The third kappa shape index (κ3) is 5.83. The molecule has 18 heavy (non-hydrogen) atoms. The molecule has 1 fully saturated rings. The highest BCUT2D eigenvalue weighted by atomic mass is 16.4. The van der Waals surface area contributed by atoms with Crippen molar-refractivity contribution >= 4 is 5.97 Å². The number of aliphatic carboxylic acids is 1. The lowest BCUT2D eigenvalue weighted by atomic mass is 10.1. The molecule has 0 saturated carbocycles. The molecule has 1 heterocycles. The molecule has 0 spiro atoms. The molecule has 1 saturated heterocycles. The van der Waals surface area contributed by atoms with Crippen molar-refractivity contribution in [3.05, 3.63) is 0 Å². The van der Waals surface area contributed by atoms with E-state index in [1.54, 1.807) is 0 Å². The minimum Gasteiger partial charge on any atom is -0.480 e. The van der Waals surface area contributed by atoms with Crippen LogP contribution in [0.5, 0.6) is 0 Å². The van der Waals surface area contributed by atoms with E-state index in [1.807, 2.05) is 11.9 Å². The molecule has 0 amide bonds. The molecular weight excluding hydrogens is 228 g/mol. The number of likely N-dealkylation sites (tertiary alicyclic amines) is 1. The van der Waals surface area contributed by atoms with E-state index in [-0.39, 0.29) is 6.54 Å². The third-order valence-corrected chi connectivity index (χ3v) is 3.82. The number of hydrogen-bond acceptors (Lipinski definition) is 3. The zero-order valence-electron chi connectivity index (χ0n) is 12.1. The summed E-state index contributed by atoms with van der Waals surface area (Å²) in [5, 5.41) is 8.83. The second kappa shape index (κ2) is 7.74. The largest absolute Gasteiger partial charge is 0.480 e. The Labute approximate surface area is 111 Å². The summed E-state index contributed by atoms with van der Waals surface area (Å²) in [4.78, 5) is 15.3. The Morgan fingerprint density at radius 1 is 1.39 bits per heavy atom. The van der Waals surface area contributed by atoms with Crippen molar-refractivity contribution in [3.8, 4) is 0 Å². The van der Waals surface area contributed by atoms with Crippen LogP contribution in [0.2, 0.25) is 0 Å². The average molecular weight is 256 g/mol. The number of rotatable bonds is 6. The smallest absolute Gasteiger partial charge is 0.317 e. The van der Waals surface area contributed by atoms with Crippen molar-refractivity contribution < 1.29 is 9.90 Å². The first-order chi connectivity index (χ1) is 8.49. The second-order valence-electron chi connectivity index (χ2n) is 5.92. The van der Waals surface area contributed by atoms with E-state index in [9.17, 15) is 4.79 Å². The molecule has 1 unspecified atom stereocenters. The molecule has 0 bridgehead atoms. The molecule has 106 valence electrons. The predicted molar refractivity (Wildman–Crippen MR) is 73.8 cm³/mol. The molecule has 1 atom stereocenters. The number of carboxylic acid groups (broad SMARTS) is 1. The quantitative estimate of drug-likeness (QED) is 0.788. The summed E-state index contributed by atoms with van der Waals surface area (Å²) in [6.45, 7) is 8.16. The second-order valence-corrected chi connectivity index (χ2v) is 5.92. The Hall–Kier alpha value is -0.610. The normalized spacial score (nSPS) is 22.4. The number of likely N-dealkylation sites (N-methyl/N-ethyl adjacent to an activating group) is 1. The summed E-state index contributed by atoms with van der Waals surface area (Å²) < 4.78 is 0. The van der Waals surface area contributed by atoms with Gasteiger partial charge in [-0.1, -0.05) is 13.8 Å². The van der Waals surface area contributed by atoms with Crippen LogP contribution in [-0.4, -0.2) is 60.1 Å². The zero-order chi connectivity index (χ0) is 13.5. The average Bonchev–Trinajstić information content (AvgIpc) is 2.50. The van der Waals surface area contributed by atoms with Gasteiger partial charge in [0.25, 0.3) is 0 Å². The fourth-order valence-corrected chi connectivity index (χ4v) is 2.59. The molecule has 4 nitrogen and oxygen atoms in total. The summed E-state index contributed by atoms with van der Waals surface area (Å²) >= 11 is 0. The highest BCUT2D eigenvalue weighted by molar-refractivity contribution is 5.69. The van der Waals surface area contributed by atoms with Gasteiger partial charge in [0.2, 0.25) is 0 Å².